The molecule has 70 valence electrons. The van der Waals surface area contributed by atoms with E-state index in [0.29, 0.717) is 0 Å². The van der Waals surface area contributed by atoms with Crippen LogP contribution in [0.1, 0.15) is 33.6 Å². The van der Waals surface area contributed by atoms with Crippen LogP contribution < -0.4 is 0 Å². The van der Waals surface area contributed by atoms with Crippen molar-refractivity contribution in [3.63, 3.8) is 0 Å². The van der Waals surface area contributed by atoms with Crippen molar-refractivity contribution in [3.8, 4) is 0 Å². The van der Waals surface area contributed by atoms with Gasteiger partial charge in [-0.25, -0.2) is 0 Å². The van der Waals surface area contributed by atoms with Crippen LogP contribution >= 0.6 is 11.8 Å². The molecule has 0 atom stereocenters. The lowest BCUT2D eigenvalue weighted by Crippen LogP contribution is -1.83. The van der Waals surface area contributed by atoms with E-state index in [1.807, 2.05) is 11.8 Å². The van der Waals surface area contributed by atoms with Gasteiger partial charge in [0.2, 0.25) is 0 Å². The topological polar surface area (TPSA) is 0 Å². The van der Waals surface area contributed by atoms with E-state index in [2.05, 4.69) is 39.0 Å². The zero-order valence-electron chi connectivity index (χ0n) is 8.47. The second kappa shape index (κ2) is 8.92. The van der Waals surface area contributed by atoms with E-state index >= 15 is 0 Å². The molecule has 0 radical (unpaired) electrons. The Kier molecular flexibility index (Phi) is 8.80. The van der Waals surface area contributed by atoms with Crippen molar-refractivity contribution in [2.45, 2.75) is 33.6 Å². The van der Waals surface area contributed by atoms with Crippen LogP contribution in [0.25, 0.3) is 0 Å². The van der Waals surface area contributed by atoms with E-state index in [9.17, 15) is 0 Å². The largest absolute Gasteiger partial charge is 0.158 e. The lowest BCUT2D eigenvalue weighted by atomic mass is 10.2. The minimum atomic E-state index is 1.16. The Morgan fingerprint density at radius 2 is 2.08 bits per heavy atom. The molecule has 0 bridgehead atoms. The van der Waals surface area contributed by atoms with Gasteiger partial charge in [0.15, 0.2) is 0 Å². The molecule has 0 rings (SSSR count). The van der Waals surface area contributed by atoms with Gasteiger partial charge in [-0.2, -0.15) is 11.8 Å². The minimum Gasteiger partial charge on any atom is -0.158 e. The molecule has 0 amide bonds. The van der Waals surface area contributed by atoms with E-state index < -0.39 is 0 Å². The molecule has 0 nitrogen and oxygen atoms in total. The maximum Gasteiger partial charge on any atom is 0.0181 e. The van der Waals surface area contributed by atoms with Crippen molar-refractivity contribution in [2.75, 3.05) is 11.5 Å². The highest BCUT2D eigenvalue weighted by atomic mass is 32.2. The fraction of sp³-hybridized carbons (Fsp3) is 0.636. The average Bonchev–Trinajstić information content (AvgIpc) is 2.11. The smallest absolute Gasteiger partial charge is 0.0181 e. The van der Waals surface area contributed by atoms with Crippen LogP contribution in [-0.2, 0) is 0 Å². The predicted molar refractivity (Wildman–Crippen MR) is 60.8 cm³/mol. The summed E-state index contributed by atoms with van der Waals surface area (Å²) in [5.74, 6) is 2.37. The van der Waals surface area contributed by atoms with Gasteiger partial charge in [0.1, 0.15) is 0 Å². The Morgan fingerprint density at radius 3 is 2.58 bits per heavy atom. The second-order valence-electron chi connectivity index (χ2n) is 2.69. The highest BCUT2D eigenvalue weighted by Gasteiger charge is 1.89. The van der Waals surface area contributed by atoms with Crippen molar-refractivity contribution in [2.24, 2.45) is 0 Å². The number of unbranched alkanes of at least 4 members (excludes halogenated alkanes) is 1. The first-order valence-electron chi connectivity index (χ1n) is 4.74. The molecule has 0 saturated carbocycles. The summed E-state index contributed by atoms with van der Waals surface area (Å²) in [7, 11) is 0. The van der Waals surface area contributed by atoms with Gasteiger partial charge >= 0.3 is 0 Å². The molecule has 0 aliphatic rings. The summed E-state index contributed by atoms with van der Waals surface area (Å²) in [5, 5.41) is 0. The predicted octanol–water partition coefficient (Wildman–Crippen LogP) is 4.04. The zero-order chi connectivity index (χ0) is 9.23. The number of hydrogen-bond acceptors (Lipinski definition) is 1. The molecular formula is C11H20S. The van der Waals surface area contributed by atoms with Crippen LogP contribution in [0.2, 0.25) is 0 Å². The second-order valence-corrected chi connectivity index (χ2v) is 3.97. The van der Waals surface area contributed by atoms with Crippen LogP contribution in [-0.4, -0.2) is 11.5 Å². The number of thioether (sulfide) groups is 1. The summed E-state index contributed by atoms with van der Waals surface area (Å²) in [4.78, 5) is 0. The van der Waals surface area contributed by atoms with Gasteiger partial charge in [0.05, 0.1) is 0 Å². The van der Waals surface area contributed by atoms with Crippen molar-refractivity contribution < 1.29 is 0 Å². The highest BCUT2D eigenvalue weighted by Crippen LogP contribution is 2.08. The highest BCUT2D eigenvalue weighted by molar-refractivity contribution is 7.99. The third-order valence-corrected chi connectivity index (χ3v) is 2.58. The van der Waals surface area contributed by atoms with Gasteiger partial charge in [-0.3, -0.25) is 0 Å². The van der Waals surface area contributed by atoms with Crippen molar-refractivity contribution in [3.05, 3.63) is 23.8 Å². The molecule has 1 heteroatoms. The zero-order valence-corrected chi connectivity index (χ0v) is 9.29. The molecular weight excluding hydrogens is 164 g/mol. The van der Waals surface area contributed by atoms with E-state index in [4.69, 9.17) is 0 Å². The summed E-state index contributed by atoms with van der Waals surface area (Å²) in [6.07, 6.45) is 9.18. The average molecular weight is 184 g/mol. The lowest BCUT2D eigenvalue weighted by Gasteiger charge is -1.98. The molecule has 12 heavy (non-hydrogen) atoms. The van der Waals surface area contributed by atoms with Gasteiger partial charge in [-0.05, 0) is 24.7 Å². The van der Waals surface area contributed by atoms with Crippen LogP contribution in [0, 0.1) is 0 Å². The fourth-order valence-electron chi connectivity index (χ4n) is 0.849. The van der Waals surface area contributed by atoms with Crippen molar-refractivity contribution >= 4 is 11.8 Å². The minimum absolute atomic E-state index is 1.16. The molecule has 0 aliphatic heterocycles. The summed E-state index contributed by atoms with van der Waals surface area (Å²) < 4.78 is 0. The van der Waals surface area contributed by atoms with Crippen LogP contribution in [0.5, 0.6) is 0 Å². The van der Waals surface area contributed by atoms with E-state index in [0.717, 1.165) is 5.75 Å². The molecule has 0 aromatic heterocycles. The van der Waals surface area contributed by atoms with E-state index in [1.54, 1.807) is 0 Å². The van der Waals surface area contributed by atoms with Gasteiger partial charge in [0.25, 0.3) is 0 Å². The number of rotatable bonds is 6. The molecule has 0 N–H and O–H groups in total. The third-order valence-electron chi connectivity index (χ3n) is 1.63. The van der Waals surface area contributed by atoms with Gasteiger partial charge in [-0.1, -0.05) is 38.5 Å². The Balaban J connectivity index is 3.68. The molecule has 0 unspecified atom stereocenters. The van der Waals surface area contributed by atoms with E-state index in [1.165, 1.54) is 24.2 Å². The number of hydrogen-bond donors (Lipinski definition) is 0. The van der Waals surface area contributed by atoms with Gasteiger partial charge < -0.3 is 0 Å². The Hall–Kier alpha value is -0.170. The molecule has 0 fully saturated rings. The fourth-order valence-corrected chi connectivity index (χ4v) is 1.55. The van der Waals surface area contributed by atoms with E-state index in [-0.39, 0.29) is 0 Å². The molecule has 0 spiro atoms. The van der Waals surface area contributed by atoms with Crippen molar-refractivity contribution in [1.82, 2.24) is 0 Å². The van der Waals surface area contributed by atoms with Crippen LogP contribution in [0.15, 0.2) is 23.8 Å². The van der Waals surface area contributed by atoms with Gasteiger partial charge in [0, 0.05) is 5.75 Å². The first-order valence-corrected chi connectivity index (χ1v) is 5.90. The maximum atomic E-state index is 2.27. The normalized spacial score (nSPS) is 12.8. The summed E-state index contributed by atoms with van der Waals surface area (Å²) in [6, 6.07) is 0. The molecule has 0 heterocycles. The first kappa shape index (κ1) is 11.8. The quantitative estimate of drug-likeness (QED) is 0.561. The Labute approximate surface area is 81.1 Å². The Bertz CT molecular complexity index is 145. The summed E-state index contributed by atoms with van der Waals surface area (Å²) in [5.41, 5.74) is 1.45. The van der Waals surface area contributed by atoms with Gasteiger partial charge in [-0.15, -0.1) is 0 Å². The standard InChI is InChI=1S/C11H20S/c1-4-7-8-9-11(5-2)10-12-6-3/h5,8-9H,4,6-7,10H2,1-3H3/b9-8-,11-5+. The van der Waals surface area contributed by atoms with Crippen molar-refractivity contribution in [1.29, 1.82) is 0 Å². The lowest BCUT2D eigenvalue weighted by molar-refractivity contribution is 0.957. The Morgan fingerprint density at radius 1 is 1.33 bits per heavy atom. The monoisotopic (exact) mass is 184 g/mol. The summed E-state index contributed by atoms with van der Waals surface area (Å²) in [6.45, 7) is 6.52. The molecule has 0 aromatic carbocycles. The summed E-state index contributed by atoms with van der Waals surface area (Å²) >= 11 is 1.98. The molecule has 0 aliphatic carbocycles. The van der Waals surface area contributed by atoms with Crippen LogP contribution in [0.4, 0.5) is 0 Å². The molecule has 0 saturated heterocycles. The van der Waals surface area contributed by atoms with Crippen LogP contribution in [0.3, 0.4) is 0 Å². The first-order chi connectivity index (χ1) is 5.85. The number of allylic oxidation sites excluding steroid dienone is 3. The third kappa shape index (κ3) is 6.53. The SMILES string of the molecule is C/C=C(\C=C/CCC)CSCC. The molecule has 0 aromatic rings. The maximum absolute atomic E-state index is 2.27.